The van der Waals surface area contributed by atoms with Crippen LogP contribution in [0.5, 0.6) is 0 Å². The van der Waals surface area contributed by atoms with Gasteiger partial charge in [0.05, 0.1) is 27.8 Å². The highest BCUT2D eigenvalue weighted by Crippen LogP contribution is 2.63. The van der Waals surface area contributed by atoms with E-state index in [1.54, 1.807) is 0 Å². The molecule has 13 rings (SSSR count). The lowest BCUT2D eigenvalue weighted by Crippen LogP contribution is -2.32. The van der Waals surface area contributed by atoms with Gasteiger partial charge in [0.15, 0.2) is 5.82 Å². The maximum absolute atomic E-state index is 5.25. The standard InChI is InChI=1S/C57H35N3S/c1-3-17-37(18-4-1)49-35-50(59-56(58-49)38-19-5-2-6-20-38)39-21-15-22-40(34-39)60-51-33-30-36-16-7-8-23-41(36)53(51)44-31-32-48-55(54(44)60)61-52-29-14-13-28-47(52)57(48)45-26-11-9-24-42(45)43-25-10-12-27-46(43)57/h1-35H. The molecule has 0 unspecified atom stereocenters. The molecule has 9 aromatic carbocycles. The van der Waals surface area contributed by atoms with Crippen LogP contribution in [0.1, 0.15) is 22.3 Å². The van der Waals surface area contributed by atoms with Gasteiger partial charge in [-0.1, -0.05) is 194 Å². The molecule has 0 fully saturated rings. The summed E-state index contributed by atoms with van der Waals surface area (Å²) in [5.41, 5.74) is 15.8. The molecule has 11 aromatic rings. The molecule has 0 bridgehead atoms. The lowest BCUT2D eigenvalue weighted by atomic mass is 9.67. The summed E-state index contributed by atoms with van der Waals surface area (Å²) in [5, 5.41) is 5.00. The van der Waals surface area contributed by atoms with Crippen molar-refractivity contribution in [1.29, 1.82) is 0 Å². The second-order valence-electron chi connectivity index (χ2n) is 16.0. The molecule has 3 nitrogen and oxygen atoms in total. The van der Waals surface area contributed by atoms with Gasteiger partial charge in [0.2, 0.25) is 0 Å². The average molecular weight is 794 g/mol. The molecule has 4 heteroatoms. The van der Waals surface area contributed by atoms with Crippen LogP contribution in [0.2, 0.25) is 0 Å². The number of hydrogen-bond donors (Lipinski definition) is 0. The number of aromatic nitrogens is 3. The maximum atomic E-state index is 5.25. The highest BCUT2D eigenvalue weighted by molar-refractivity contribution is 7.99. The van der Waals surface area contributed by atoms with E-state index in [0.29, 0.717) is 5.82 Å². The zero-order valence-corrected chi connectivity index (χ0v) is 33.8. The number of fused-ring (bicyclic) bond motifs is 15. The third-order valence-corrected chi connectivity index (χ3v) is 14.1. The molecule has 0 radical (unpaired) electrons. The molecule has 2 aliphatic rings. The molecule has 284 valence electrons. The van der Waals surface area contributed by atoms with Crippen LogP contribution in [0.25, 0.3) is 83.3 Å². The van der Waals surface area contributed by atoms with E-state index in [0.717, 1.165) is 33.8 Å². The van der Waals surface area contributed by atoms with Crippen molar-refractivity contribution in [3.63, 3.8) is 0 Å². The molecule has 61 heavy (non-hydrogen) atoms. The summed E-state index contributed by atoms with van der Waals surface area (Å²) in [6.07, 6.45) is 0. The van der Waals surface area contributed by atoms with Crippen LogP contribution < -0.4 is 0 Å². The van der Waals surface area contributed by atoms with Crippen molar-refractivity contribution in [3.8, 4) is 50.7 Å². The van der Waals surface area contributed by atoms with E-state index in [1.165, 1.54) is 75.7 Å². The first-order valence-corrected chi connectivity index (χ1v) is 21.6. The molecule has 1 aliphatic carbocycles. The Labute approximate surface area is 357 Å². The van der Waals surface area contributed by atoms with E-state index >= 15 is 0 Å². The van der Waals surface area contributed by atoms with Crippen LogP contribution in [-0.2, 0) is 5.41 Å². The van der Waals surface area contributed by atoms with Gasteiger partial charge in [-0.25, -0.2) is 9.97 Å². The fraction of sp³-hybridized carbons (Fsp3) is 0.0175. The Kier molecular flexibility index (Phi) is 7.45. The van der Waals surface area contributed by atoms with Crippen molar-refractivity contribution in [2.45, 2.75) is 15.2 Å². The van der Waals surface area contributed by atoms with Gasteiger partial charge in [-0.3, -0.25) is 0 Å². The first-order valence-electron chi connectivity index (χ1n) is 20.8. The molecule has 3 heterocycles. The van der Waals surface area contributed by atoms with Crippen LogP contribution >= 0.6 is 11.8 Å². The Hall–Kier alpha value is -7.53. The van der Waals surface area contributed by atoms with Gasteiger partial charge in [0, 0.05) is 42.9 Å². The zero-order chi connectivity index (χ0) is 40.1. The largest absolute Gasteiger partial charge is 0.308 e. The van der Waals surface area contributed by atoms with Gasteiger partial charge in [-0.05, 0) is 74.5 Å². The molecule has 0 saturated carbocycles. The zero-order valence-electron chi connectivity index (χ0n) is 33.0. The quantitative estimate of drug-likeness (QED) is 0.178. The average Bonchev–Trinajstić information content (AvgIpc) is 3.84. The van der Waals surface area contributed by atoms with E-state index in [2.05, 4.69) is 193 Å². The molecule has 1 aliphatic heterocycles. The maximum Gasteiger partial charge on any atom is 0.160 e. The fourth-order valence-electron chi connectivity index (χ4n) is 10.3. The molecule has 1 spiro atoms. The van der Waals surface area contributed by atoms with Gasteiger partial charge in [-0.15, -0.1) is 0 Å². The number of hydrogen-bond acceptors (Lipinski definition) is 3. The second kappa shape index (κ2) is 13.2. The minimum absolute atomic E-state index is 0.480. The van der Waals surface area contributed by atoms with Gasteiger partial charge < -0.3 is 4.57 Å². The summed E-state index contributed by atoms with van der Waals surface area (Å²) in [5.74, 6) is 0.706. The summed E-state index contributed by atoms with van der Waals surface area (Å²) >= 11 is 1.91. The van der Waals surface area contributed by atoms with E-state index in [4.69, 9.17) is 9.97 Å². The molecule has 0 saturated heterocycles. The van der Waals surface area contributed by atoms with Crippen LogP contribution in [0.4, 0.5) is 0 Å². The third-order valence-electron chi connectivity index (χ3n) is 12.9. The molecular weight excluding hydrogens is 759 g/mol. The van der Waals surface area contributed by atoms with Crippen molar-refractivity contribution >= 4 is 44.3 Å². The topological polar surface area (TPSA) is 30.7 Å². The van der Waals surface area contributed by atoms with E-state index in [-0.39, 0.29) is 0 Å². The summed E-state index contributed by atoms with van der Waals surface area (Å²) in [4.78, 5) is 12.9. The van der Waals surface area contributed by atoms with Gasteiger partial charge in [0.1, 0.15) is 0 Å². The molecule has 0 N–H and O–H groups in total. The molecule has 2 aromatic heterocycles. The summed E-state index contributed by atoms with van der Waals surface area (Å²) in [6.45, 7) is 0. The normalized spacial score (nSPS) is 13.3. The smallest absolute Gasteiger partial charge is 0.160 e. The lowest BCUT2D eigenvalue weighted by molar-refractivity contribution is 0.724. The summed E-state index contributed by atoms with van der Waals surface area (Å²) in [7, 11) is 0. The molecule has 0 atom stereocenters. The van der Waals surface area contributed by atoms with E-state index in [1.807, 2.05) is 36.0 Å². The molecular formula is C57H35N3S. The van der Waals surface area contributed by atoms with Crippen molar-refractivity contribution in [1.82, 2.24) is 14.5 Å². The minimum Gasteiger partial charge on any atom is -0.308 e. The predicted molar refractivity (Wildman–Crippen MR) is 252 cm³/mol. The van der Waals surface area contributed by atoms with Gasteiger partial charge in [0.25, 0.3) is 0 Å². The van der Waals surface area contributed by atoms with Crippen molar-refractivity contribution < 1.29 is 0 Å². The molecule has 0 amide bonds. The fourth-order valence-corrected chi connectivity index (χ4v) is 11.6. The van der Waals surface area contributed by atoms with Crippen LogP contribution in [0.3, 0.4) is 0 Å². The first-order chi connectivity index (χ1) is 30.3. The second-order valence-corrected chi connectivity index (χ2v) is 17.1. The van der Waals surface area contributed by atoms with E-state index < -0.39 is 5.41 Å². The third kappa shape index (κ3) is 4.94. The van der Waals surface area contributed by atoms with Crippen LogP contribution in [0, 0.1) is 0 Å². The Bertz CT molecular complexity index is 3470. The van der Waals surface area contributed by atoms with Crippen molar-refractivity contribution in [3.05, 3.63) is 235 Å². The monoisotopic (exact) mass is 793 g/mol. The van der Waals surface area contributed by atoms with Crippen LogP contribution in [-0.4, -0.2) is 14.5 Å². The number of benzene rings is 9. The highest BCUT2D eigenvalue weighted by atomic mass is 32.2. The summed E-state index contributed by atoms with van der Waals surface area (Å²) in [6, 6.07) is 77.2. The van der Waals surface area contributed by atoms with Gasteiger partial charge in [-0.2, -0.15) is 0 Å². The Balaban J connectivity index is 1.12. The number of rotatable bonds is 4. The summed E-state index contributed by atoms with van der Waals surface area (Å²) < 4.78 is 2.53. The first kappa shape index (κ1) is 34.3. The van der Waals surface area contributed by atoms with E-state index in [9.17, 15) is 0 Å². The predicted octanol–water partition coefficient (Wildman–Crippen LogP) is 14.6. The SMILES string of the molecule is c1ccc(-c2cc(-c3cccc(-n4c5ccc6ccccc6c5c5ccc6c(c54)Sc4ccccc4C64c5ccccc5-c5ccccc54)c3)nc(-c3ccccc3)n2)cc1. The number of nitrogens with zero attached hydrogens (tertiary/aromatic N) is 3. The Morgan fingerprint density at radius 3 is 1.82 bits per heavy atom. The highest BCUT2D eigenvalue weighted by Gasteiger charge is 2.50. The lowest BCUT2D eigenvalue weighted by Gasteiger charge is -2.40. The Morgan fingerprint density at radius 2 is 1.05 bits per heavy atom. The van der Waals surface area contributed by atoms with Crippen LogP contribution in [0.15, 0.2) is 222 Å². The van der Waals surface area contributed by atoms with Gasteiger partial charge >= 0.3 is 0 Å². The Morgan fingerprint density at radius 1 is 0.426 bits per heavy atom. The minimum atomic E-state index is -0.480. The van der Waals surface area contributed by atoms with Crippen molar-refractivity contribution in [2.75, 3.05) is 0 Å². The van der Waals surface area contributed by atoms with Crippen molar-refractivity contribution in [2.24, 2.45) is 0 Å².